The quantitative estimate of drug-likeness (QED) is 0.800. The van der Waals surface area contributed by atoms with E-state index in [2.05, 4.69) is 11.4 Å². The van der Waals surface area contributed by atoms with Gasteiger partial charge in [0.2, 0.25) is 0 Å². The third-order valence-corrected chi connectivity index (χ3v) is 2.11. The van der Waals surface area contributed by atoms with E-state index in [1.807, 2.05) is 26.0 Å². The van der Waals surface area contributed by atoms with Gasteiger partial charge in [0.1, 0.15) is 12.4 Å². The maximum absolute atomic E-state index is 11.0. The van der Waals surface area contributed by atoms with Crippen LogP contribution in [0.5, 0.6) is 5.75 Å². The van der Waals surface area contributed by atoms with E-state index in [-0.39, 0.29) is 0 Å². The summed E-state index contributed by atoms with van der Waals surface area (Å²) >= 11 is 0. The highest BCUT2D eigenvalue weighted by Crippen LogP contribution is 2.15. The van der Waals surface area contributed by atoms with Gasteiger partial charge in [0.15, 0.2) is 0 Å². The number of ether oxygens (including phenoxy) is 2. The van der Waals surface area contributed by atoms with Gasteiger partial charge in [0, 0.05) is 0 Å². The van der Waals surface area contributed by atoms with Crippen molar-refractivity contribution in [2.75, 3.05) is 19.8 Å². The summed E-state index contributed by atoms with van der Waals surface area (Å²) in [6, 6.07) is 6.03. The Hall–Kier alpha value is -1.71. The molecule has 4 heteroatoms. The summed E-state index contributed by atoms with van der Waals surface area (Å²) in [6.07, 6.45) is -0.406. The lowest BCUT2D eigenvalue weighted by Gasteiger charge is -2.09. The number of amides is 1. The van der Waals surface area contributed by atoms with Gasteiger partial charge in [-0.05, 0) is 44.0 Å². The predicted octanol–water partition coefficient (Wildman–Crippen LogP) is 2.43. The maximum Gasteiger partial charge on any atom is 0.407 e. The van der Waals surface area contributed by atoms with Gasteiger partial charge in [0.25, 0.3) is 0 Å². The summed E-state index contributed by atoms with van der Waals surface area (Å²) in [5, 5.41) is 2.60. The zero-order valence-electron chi connectivity index (χ0n) is 10.6. The Kier molecular flexibility index (Phi) is 5.33. The Morgan fingerprint density at radius 3 is 2.47 bits per heavy atom. The molecule has 0 saturated carbocycles. The van der Waals surface area contributed by atoms with Crippen LogP contribution in [0.15, 0.2) is 18.2 Å². The van der Waals surface area contributed by atoms with Gasteiger partial charge in [-0.3, -0.25) is 0 Å². The highest BCUT2D eigenvalue weighted by Gasteiger charge is 2.00. The van der Waals surface area contributed by atoms with Crippen LogP contribution in [0, 0.1) is 13.8 Å². The number of rotatable bonds is 5. The van der Waals surface area contributed by atoms with Gasteiger partial charge in [-0.1, -0.05) is 6.07 Å². The monoisotopic (exact) mass is 237 g/mol. The maximum atomic E-state index is 11.0. The molecule has 0 unspecified atom stereocenters. The molecular weight excluding hydrogens is 218 g/mol. The van der Waals surface area contributed by atoms with Crippen LogP contribution in [-0.2, 0) is 4.74 Å². The molecule has 0 saturated heterocycles. The van der Waals surface area contributed by atoms with Crippen LogP contribution < -0.4 is 10.1 Å². The lowest BCUT2D eigenvalue weighted by molar-refractivity contribution is 0.150. The van der Waals surface area contributed by atoms with E-state index >= 15 is 0 Å². The Labute approximate surface area is 102 Å². The normalized spacial score (nSPS) is 9.82. The number of carbonyl (C=O) groups excluding carboxylic acids is 1. The molecule has 1 amide bonds. The van der Waals surface area contributed by atoms with Crippen molar-refractivity contribution in [2.24, 2.45) is 0 Å². The van der Waals surface area contributed by atoms with Crippen LogP contribution in [0.3, 0.4) is 0 Å². The first-order valence-corrected chi connectivity index (χ1v) is 5.73. The number of hydrogen-bond acceptors (Lipinski definition) is 3. The molecule has 0 aliphatic heterocycles. The van der Waals surface area contributed by atoms with Crippen molar-refractivity contribution >= 4 is 6.09 Å². The van der Waals surface area contributed by atoms with Gasteiger partial charge < -0.3 is 14.8 Å². The molecule has 0 aromatic heterocycles. The Morgan fingerprint density at radius 1 is 1.24 bits per heavy atom. The summed E-state index contributed by atoms with van der Waals surface area (Å²) in [4.78, 5) is 11.0. The van der Waals surface area contributed by atoms with Gasteiger partial charge in [0.05, 0.1) is 13.2 Å². The van der Waals surface area contributed by atoms with Crippen molar-refractivity contribution in [1.29, 1.82) is 0 Å². The summed E-state index contributed by atoms with van der Waals surface area (Å²) in [7, 11) is 0. The molecule has 0 spiro atoms. The molecule has 0 aliphatic rings. The lowest BCUT2D eigenvalue weighted by Crippen LogP contribution is -2.28. The first-order valence-electron chi connectivity index (χ1n) is 5.73. The number of hydrogen-bond donors (Lipinski definition) is 1. The van der Waals surface area contributed by atoms with E-state index in [0.29, 0.717) is 19.8 Å². The Morgan fingerprint density at radius 2 is 1.88 bits per heavy atom. The standard InChI is InChI=1S/C13H19NO3/c1-4-16-13(15)14-5-6-17-12-8-10(2)7-11(3)9-12/h7-9H,4-6H2,1-3H3,(H,14,15). The summed E-state index contributed by atoms with van der Waals surface area (Å²) in [6.45, 7) is 7.07. The topological polar surface area (TPSA) is 47.6 Å². The molecule has 0 aliphatic carbocycles. The first-order chi connectivity index (χ1) is 8.11. The van der Waals surface area contributed by atoms with Crippen molar-refractivity contribution in [3.05, 3.63) is 29.3 Å². The average Bonchev–Trinajstić information content (AvgIpc) is 2.23. The highest BCUT2D eigenvalue weighted by atomic mass is 16.5. The largest absolute Gasteiger partial charge is 0.492 e. The first kappa shape index (κ1) is 13.4. The number of carbonyl (C=O) groups is 1. The van der Waals surface area contributed by atoms with Gasteiger partial charge >= 0.3 is 6.09 Å². The van der Waals surface area contributed by atoms with E-state index in [1.165, 1.54) is 11.1 Å². The van der Waals surface area contributed by atoms with Crippen molar-refractivity contribution < 1.29 is 14.3 Å². The summed E-state index contributed by atoms with van der Waals surface area (Å²) < 4.78 is 10.3. The molecule has 4 nitrogen and oxygen atoms in total. The molecule has 1 N–H and O–H groups in total. The van der Waals surface area contributed by atoms with Crippen LogP contribution >= 0.6 is 0 Å². The van der Waals surface area contributed by atoms with E-state index < -0.39 is 6.09 Å². The van der Waals surface area contributed by atoms with Crippen LogP contribution in [0.1, 0.15) is 18.1 Å². The summed E-state index contributed by atoms with van der Waals surface area (Å²) in [5.41, 5.74) is 2.33. The van der Waals surface area contributed by atoms with E-state index in [9.17, 15) is 4.79 Å². The SMILES string of the molecule is CCOC(=O)NCCOc1cc(C)cc(C)c1. The molecule has 1 aromatic rings. The second-order valence-electron chi connectivity index (χ2n) is 3.82. The van der Waals surface area contributed by atoms with Gasteiger partial charge in [-0.2, -0.15) is 0 Å². The second-order valence-corrected chi connectivity index (χ2v) is 3.82. The molecule has 1 rings (SSSR count). The molecule has 0 heterocycles. The summed E-state index contributed by atoms with van der Waals surface area (Å²) in [5.74, 6) is 0.827. The fourth-order valence-electron chi connectivity index (χ4n) is 1.52. The zero-order chi connectivity index (χ0) is 12.7. The van der Waals surface area contributed by atoms with Gasteiger partial charge in [-0.25, -0.2) is 4.79 Å². The fraction of sp³-hybridized carbons (Fsp3) is 0.462. The molecule has 0 bridgehead atoms. The fourth-order valence-corrected chi connectivity index (χ4v) is 1.52. The van der Waals surface area contributed by atoms with E-state index in [0.717, 1.165) is 5.75 Å². The van der Waals surface area contributed by atoms with Crippen LogP contribution in [0.25, 0.3) is 0 Å². The Bertz CT molecular complexity index is 357. The minimum Gasteiger partial charge on any atom is -0.492 e. The molecule has 17 heavy (non-hydrogen) atoms. The molecular formula is C13H19NO3. The number of nitrogens with one attached hydrogen (secondary N) is 1. The van der Waals surface area contributed by atoms with Crippen LogP contribution in [-0.4, -0.2) is 25.9 Å². The van der Waals surface area contributed by atoms with Gasteiger partial charge in [-0.15, -0.1) is 0 Å². The second kappa shape index (κ2) is 6.78. The minimum atomic E-state index is -0.406. The van der Waals surface area contributed by atoms with Crippen molar-refractivity contribution in [2.45, 2.75) is 20.8 Å². The number of alkyl carbamates (subject to hydrolysis) is 1. The predicted molar refractivity (Wildman–Crippen MR) is 66.4 cm³/mol. The van der Waals surface area contributed by atoms with E-state index in [1.54, 1.807) is 6.92 Å². The highest BCUT2D eigenvalue weighted by molar-refractivity contribution is 5.66. The molecule has 0 radical (unpaired) electrons. The average molecular weight is 237 g/mol. The van der Waals surface area contributed by atoms with E-state index in [4.69, 9.17) is 9.47 Å². The molecule has 94 valence electrons. The number of benzene rings is 1. The van der Waals surface area contributed by atoms with Crippen molar-refractivity contribution in [3.8, 4) is 5.75 Å². The zero-order valence-corrected chi connectivity index (χ0v) is 10.6. The third kappa shape index (κ3) is 5.24. The molecule has 0 fully saturated rings. The van der Waals surface area contributed by atoms with Crippen LogP contribution in [0.2, 0.25) is 0 Å². The molecule has 0 atom stereocenters. The van der Waals surface area contributed by atoms with Crippen LogP contribution in [0.4, 0.5) is 4.79 Å². The van der Waals surface area contributed by atoms with Crippen molar-refractivity contribution in [1.82, 2.24) is 5.32 Å². The lowest BCUT2D eigenvalue weighted by atomic mass is 10.1. The van der Waals surface area contributed by atoms with Crippen molar-refractivity contribution in [3.63, 3.8) is 0 Å². The smallest absolute Gasteiger partial charge is 0.407 e. The Balaban J connectivity index is 2.28. The number of aryl methyl sites for hydroxylation is 2. The minimum absolute atomic E-state index is 0.379. The molecule has 1 aromatic carbocycles. The third-order valence-electron chi connectivity index (χ3n) is 2.11.